The zero-order valence-corrected chi connectivity index (χ0v) is 13.8. The fraction of sp³-hybridized carbons (Fsp3) is 0.125. The predicted octanol–water partition coefficient (Wildman–Crippen LogP) is 3.54. The molecule has 2 aromatic carbocycles. The summed E-state index contributed by atoms with van der Waals surface area (Å²) < 4.78 is 18.1. The summed E-state index contributed by atoms with van der Waals surface area (Å²) >= 11 is 10.7. The summed E-state index contributed by atoms with van der Waals surface area (Å²) in [5.74, 6) is -0.0629. The van der Waals surface area contributed by atoms with E-state index in [-0.39, 0.29) is 22.5 Å². The second-order valence-corrected chi connectivity index (χ2v) is 5.47. The Morgan fingerprint density at radius 1 is 1.26 bits per heavy atom. The van der Waals surface area contributed by atoms with Gasteiger partial charge in [0.05, 0.1) is 18.6 Å². The highest BCUT2D eigenvalue weighted by Crippen LogP contribution is 2.19. The number of rotatable bonds is 4. The van der Waals surface area contributed by atoms with Crippen molar-refractivity contribution in [2.24, 2.45) is 0 Å². The van der Waals surface area contributed by atoms with Crippen LogP contribution < -0.4 is 15.4 Å². The predicted molar refractivity (Wildman–Crippen MR) is 92.5 cm³/mol. The average Bonchev–Trinajstić information content (AvgIpc) is 2.51. The van der Waals surface area contributed by atoms with Crippen LogP contribution in [0.15, 0.2) is 42.5 Å². The molecule has 0 radical (unpaired) electrons. The Labute approximate surface area is 143 Å². The number of benzene rings is 2. The van der Waals surface area contributed by atoms with Crippen molar-refractivity contribution in [2.75, 3.05) is 12.4 Å². The zero-order valence-electron chi connectivity index (χ0n) is 12.2. The number of carbonyl (C=O) groups is 1. The van der Waals surface area contributed by atoms with Gasteiger partial charge in [-0.05, 0) is 48.1 Å². The van der Waals surface area contributed by atoms with Crippen molar-refractivity contribution in [1.82, 2.24) is 5.32 Å². The van der Waals surface area contributed by atoms with Gasteiger partial charge in [0.15, 0.2) is 5.11 Å². The number of nitrogens with one attached hydrogen (secondary N) is 2. The molecule has 1 amide bonds. The van der Waals surface area contributed by atoms with Crippen LogP contribution in [0.2, 0.25) is 5.02 Å². The molecule has 2 aromatic rings. The lowest BCUT2D eigenvalue weighted by Crippen LogP contribution is -2.35. The quantitative estimate of drug-likeness (QED) is 0.826. The lowest BCUT2D eigenvalue weighted by molar-refractivity contribution is -0.119. The van der Waals surface area contributed by atoms with Crippen LogP contribution in [0, 0.1) is 5.82 Å². The summed E-state index contributed by atoms with van der Waals surface area (Å²) in [4.78, 5) is 11.9. The van der Waals surface area contributed by atoms with E-state index in [0.717, 1.165) is 11.3 Å². The van der Waals surface area contributed by atoms with Gasteiger partial charge in [-0.3, -0.25) is 4.79 Å². The van der Waals surface area contributed by atoms with Gasteiger partial charge in [-0.1, -0.05) is 23.7 Å². The highest BCUT2D eigenvalue weighted by atomic mass is 35.5. The second-order valence-electron chi connectivity index (χ2n) is 4.66. The Morgan fingerprint density at radius 2 is 1.96 bits per heavy atom. The van der Waals surface area contributed by atoms with Crippen LogP contribution in [0.3, 0.4) is 0 Å². The maximum Gasteiger partial charge on any atom is 0.230 e. The molecule has 7 heteroatoms. The number of halogens is 2. The molecule has 0 aliphatic heterocycles. The highest BCUT2D eigenvalue weighted by Gasteiger charge is 2.08. The lowest BCUT2D eigenvalue weighted by atomic mass is 10.1. The number of amides is 1. The van der Waals surface area contributed by atoms with Gasteiger partial charge in [0.1, 0.15) is 11.6 Å². The summed E-state index contributed by atoms with van der Waals surface area (Å²) in [7, 11) is 1.58. The van der Waals surface area contributed by atoms with Crippen molar-refractivity contribution in [3.63, 3.8) is 0 Å². The minimum atomic E-state index is -0.522. The number of hydrogen-bond donors (Lipinski definition) is 2. The Kier molecular flexibility index (Phi) is 5.90. The Hall–Kier alpha value is -2.18. The number of thiocarbonyl (C=S) groups is 1. The topological polar surface area (TPSA) is 50.4 Å². The van der Waals surface area contributed by atoms with E-state index in [9.17, 15) is 9.18 Å². The minimum Gasteiger partial charge on any atom is -0.497 e. The molecule has 2 rings (SSSR count). The fourth-order valence-electron chi connectivity index (χ4n) is 1.84. The van der Waals surface area contributed by atoms with E-state index in [0.29, 0.717) is 5.69 Å². The third-order valence-electron chi connectivity index (χ3n) is 2.95. The smallest absolute Gasteiger partial charge is 0.230 e. The van der Waals surface area contributed by atoms with Gasteiger partial charge < -0.3 is 15.4 Å². The van der Waals surface area contributed by atoms with Crippen LogP contribution in [-0.2, 0) is 11.2 Å². The van der Waals surface area contributed by atoms with Crippen molar-refractivity contribution in [3.8, 4) is 5.75 Å². The van der Waals surface area contributed by atoms with E-state index in [1.165, 1.54) is 18.2 Å². The zero-order chi connectivity index (χ0) is 16.8. The molecular formula is C16H14ClFN2O2S. The molecular weight excluding hydrogens is 339 g/mol. The van der Waals surface area contributed by atoms with Crippen molar-refractivity contribution in [2.45, 2.75) is 6.42 Å². The standard InChI is InChI=1S/C16H14ClFN2O2S/c1-22-12-5-2-10(3-6-12)8-15(21)20-16(23)19-11-4-7-14(18)13(17)9-11/h2-7,9H,8H2,1H3,(H2,19,20,21,23). The number of anilines is 1. The second kappa shape index (κ2) is 7.89. The molecule has 0 unspecified atom stereocenters. The monoisotopic (exact) mass is 352 g/mol. The molecule has 0 bridgehead atoms. The normalized spacial score (nSPS) is 10.0. The van der Waals surface area contributed by atoms with Crippen molar-refractivity contribution in [3.05, 3.63) is 58.9 Å². The molecule has 0 aliphatic rings. The molecule has 0 aromatic heterocycles. The van der Waals surface area contributed by atoms with Crippen molar-refractivity contribution in [1.29, 1.82) is 0 Å². The van der Waals surface area contributed by atoms with Gasteiger partial charge in [0.25, 0.3) is 0 Å². The Morgan fingerprint density at radius 3 is 2.57 bits per heavy atom. The van der Waals surface area contributed by atoms with Crippen LogP contribution in [0.5, 0.6) is 5.75 Å². The first-order valence-electron chi connectivity index (χ1n) is 6.67. The molecule has 0 fully saturated rings. The van der Waals surface area contributed by atoms with E-state index in [1.54, 1.807) is 31.4 Å². The SMILES string of the molecule is COc1ccc(CC(=O)NC(=S)Nc2ccc(F)c(Cl)c2)cc1. The largest absolute Gasteiger partial charge is 0.497 e. The van der Waals surface area contributed by atoms with E-state index in [4.69, 9.17) is 28.6 Å². The minimum absolute atomic E-state index is 0.0256. The molecule has 4 nitrogen and oxygen atoms in total. The summed E-state index contributed by atoms with van der Waals surface area (Å²) in [6.07, 6.45) is 0.177. The Balaban J connectivity index is 1.88. The van der Waals surface area contributed by atoms with E-state index < -0.39 is 5.82 Å². The molecule has 0 saturated heterocycles. The molecule has 0 spiro atoms. The first kappa shape index (κ1) is 17.2. The summed E-state index contributed by atoms with van der Waals surface area (Å²) in [6, 6.07) is 11.2. The Bertz CT molecular complexity index is 723. The van der Waals surface area contributed by atoms with Crippen LogP contribution >= 0.6 is 23.8 Å². The molecule has 120 valence electrons. The van der Waals surface area contributed by atoms with Crippen molar-refractivity contribution >= 4 is 40.5 Å². The van der Waals surface area contributed by atoms with Gasteiger partial charge >= 0.3 is 0 Å². The molecule has 0 aliphatic carbocycles. The van der Waals surface area contributed by atoms with Crippen LogP contribution in [-0.4, -0.2) is 18.1 Å². The van der Waals surface area contributed by atoms with Gasteiger partial charge in [-0.2, -0.15) is 0 Å². The number of ether oxygens (including phenoxy) is 1. The van der Waals surface area contributed by atoms with Crippen LogP contribution in [0.1, 0.15) is 5.56 Å². The fourth-order valence-corrected chi connectivity index (χ4v) is 2.25. The molecule has 2 N–H and O–H groups in total. The number of carbonyl (C=O) groups excluding carboxylic acids is 1. The maximum atomic E-state index is 13.1. The lowest BCUT2D eigenvalue weighted by Gasteiger charge is -2.10. The summed E-state index contributed by atoms with van der Waals surface area (Å²) in [5.41, 5.74) is 1.32. The van der Waals surface area contributed by atoms with Gasteiger partial charge in [-0.25, -0.2) is 4.39 Å². The summed E-state index contributed by atoms with van der Waals surface area (Å²) in [6.45, 7) is 0. The molecule has 0 atom stereocenters. The van der Waals surface area contributed by atoms with E-state index in [1.807, 2.05) is 0 Å². The first-order valence-corrected chi connectivity index (χ1v) is 7.45. The molecule has 0 heterocycles. The average molecular weight is 353 g/mol. The number of methoxy groups -OCH3 is 1. The highest BCUT2D eigenvalue weighted by molar-refractivity contribution is 7.80. The molecule has 23 heavy (non-hydrogen) atoms. The van der Waals surface area contributed by atoms with Gasteiger partial charge in [0, 0.05) is 5.69 Å². The third kappa shape index (κ3) is 5.19. The van der Waals surface area contributed by atoms with Crippen LogP contribution in [0.4, 0.5) is 10.1 Å². The van der Waals surface area contributed by atoms with E-state index >= 15 is 0 Å². The first-order chi connectivity index (χ1) is 11.0. The maximum absolute atomic E-state index is 13.1. The summed E-state index contributed by atoms with van der Waals surface area (Å²) in [5, 5.41) is 5.42. The van der Waals surface area contributed by atoms with Gasteiger partial charge in [-0.15, -0.1) is 0 Å². The van der Waals surface area contributed by atoms with Crippen molar-refractivity contribution < 1.29 is 13.9 Å². The molecule has 0 saturated carbocycles. The van der Waals surface area contributed by atoms with Crippen LogP contribution in [0.25, 0.3) is 0 Å². The van der Waals surface area contributed by atoms with Gasteiger partial charge in [0.2, 0.25) is 5.91 Å². The number of hydrogen-bond acceptors (Lipinski definition) is 3. The third-order valence-corrected chi connectivity index (χ3v) is 3.45. The van der Waals surface area contributed by atoms with E-state index in [2.05, 4.69) is 10.6 Å².